The maximum atomic E-state index is 12.5. The molecule has 0 saturated carbocycles. The molecule has 0 aliphatic carbocycles. The van der Waals surface area contributed by atoms with Gasteiger partial charge in [0.1, 0.15) is 5.75 Å². The van der Waals surface area contributed by atoms with Crippen molar-refractivity contribution >= 4 is 17.6 Å². The van der Waals surface area contributed by atoms with Gasteiger partial charge in [-0.3, -0.25) is 4.79 Å². The highest BCUT2D eigenvalue weighted by Crippen LogP contribution is 2.26. The Morgan fingerprint density at radius 1 is 1.08 bits per heavy atom. The van der Waals surface area contributed by atoms with Crippen LogP contribution in [0.3, 0.4) is 0 Å². The van der Waals surface area contributed by atoms with Crippen LogP contribution in [0.5, 0.6) is 5.75 Å². The predicted molar refractivity (Wildman–Crippen MR) is 94.6 cm³/mol. The molecule has 1 atom stereocenters. The molecule has 0 bridgehead atoms. The quantitative estimate of drug-likeness (QED) is 0.786. The second kappa shape index (κ2) is 7.83. The molecule has 130 valence electrons. The van der Waals surface area contributed by atoms with Gasteiger partial charge in [-0.2, -0.15) is 0 Å². The second-order valence-corrected chi connectivity index (χ2v) is 5.96. The van der Waals surface area contributed by atoms with Gasteiger partial charge in [-0.25, -0.2) is 4.79 Å². The molecule has 5 nitrogen and oxygen atoms in total. The Balaban J connectivity index is 1.55. The Hall–Kier alpha value is -2.82. The molecule has 2 aromatic rings. The van der Waals surface area contributed by atoms with Crippen LogP contribution in [-0.2, 0) is 20.7 Å². The molecular formula is C20H21NO4. The largest absolute Gasteiger partial charge is 0.479 e. The standard InChI is InChI=1S/C20H21NO4/c1-15(25-17-10-3-2-4-11-17)20(23)24-14-19(22)21-13-7-9-16-8-5-6-12-18(16)21/h2-6,8,10-12,15H,7,9,13-14H2,1H3. The molecule has 0 saturated heterocycles. The van der Waals surface area contributed by atoms with E-state index in [1.807, 2.05) is 42.5 Å². The summed E-state index contributed by atoms with van der Waals surface area (Å²) in [5.74, 6) is -0.182. The molecule has 5 heteroatoms. The van der Waals surface area contributed by atoms with Gasteiger partial charge >= 0.3 is 5.97 Å². The Morgan fingerprint density at radius 3 is 2.60 bits per heavy atom. The van der Waals surface area contributed by atoms with Crippen LogP contribution in [0.4, 0.5) is 5.69 Å². The lowest BCUT2D eigenvalue weighted by atomic mass is 10.0. The van der Waals surface area contributed by atoms with E-state index in [4.69, 9.17) is 9.47 Å². The first-order chi connectivity index (χ1) is 12.1. The maximum Gasteiger partial charge on any atom is 0.347 e. The van der Waals surface area contributed by atoms with Crippen molar-refractivity contribution in [3.63, 3.8) is 0 Å². The van der Waals surface area contributed by atoms with Gasteiger partial charge in [0, 0.05) is 12.2 Å². The number of esters is 1. The zero-order valence-electron chi connectivity index (χ0n) is 14.2. The van der Waals surface area contributed by atoms with Crippen molar-refractivity contribution in [3.05, 3.63) is 60.2 Å². The number of ether oxygens (including phenoxy) is 2. The summed E-state index contributed by atoms with van der Waals surface area (Å²) in [4.78, 5) is 26.2. The number of carbonyl (C=O) groups excluding carboxylic acids is 2. The van der Waals surface area contributed by atoms with Crippen LogP contribution in [0.15, 0.2) is 54.6 Å². The van der Waals surface area contributed by atoms with E-state index in [2.05, 4.69) is 0 Å². The van der Waals surface area contributed by atoms with Gasteiger partial charge in [-0.15, -0.1) is 0 Å². The van der Waals surface area contributed by atoms with Crippen LogP contribution in [0.2, 0.25) is 0 Å². The van der Waals surface area contributed by atoms with E-state index in [1.54, 1.807) is 24.0 Å². The van der Waals surface area contributed by atoms with Crippen molar-refractivity contribution in [2.75, 3.05) is 18.1 Å². The van der Waals surface area contributed by atoms with Gasteiger partial charge in [0.15, 0.2) is 12.7 Å². The van der Waals surface area contributed by atoms with Gasteiger partial charge in [0.2, 0.25) is 0 Å². The van der Waals surface area contributed by atoms with Gasteiger partial charge in [-0.1, -0.05) is 36.4 Å². The number of fused-ring (bicyclic) bond motifs is 1. The monoisotopic (exact) mass is 339 g/mol. The van der Waals surface area contributed by atoms with Crippen LogP contribution in [0, 0.1) is 0 Å². The van der Waals surface area contributed by atoms with Crippen molar-refractivity contribution in [1.29, 1.82) is 0 Å². The summed E-state index contributed by atoms with van der Waals surface area (Å²) in [6.45, 7) is 1.97. The zero-order valence-corrected chi connectivity index (χ0v) is 14.2. The highest BCUT2D eigenvalue weighted by Gasteiger charge is 2.24. The molecule has 1 heterocycles. The Kier molecular flexibility index (Phi) is 5.33. The lowest BCUT2D eigenvalue weighted by Gasteiger charge is -2.29. The van der Waals surface area contributed by atoms with Gasteiger partial charge in [0.05, 0.1) is 0 Å². The molecule has 25 heavy (non-hydrogen) atoms. The number of aryl methyl sites for hydroxylation is 1. The Bertz CT molecular complexity index is 744. The first-order valence-corrected chi connectivity index (χ1v) is 8.42. The summed E-state index contributed by atoms with van der Waals surface area (Å²) >= 11 is 0. The molecule has 1 aliphatic rings. The summed E-state index contributed by atoms with van der Waals surface area (Å²) in [5, 5.41) is 0. The van der Waals surface area contributed by atoms with Gasteiger partial charge in [-0.05, 0) is 43.5 Å². The molecule has 2 aromatic carbocycles. The number of amides is 1. The van der Waals surface area contributed by atoms with Crippen LogP contribution in [0.1, 0.15) is 18.9 Å². The first-order valence-electron chi connectivity index (χ1n) is 8.42. The molecule has 3 rings (SSSR count). The Morgan fingerprint density at radius 2 is 1.80 bits per heavy atom. The fourth-order valence-corrected chi connectivity index (χ4v) is 2.87. The molecule has 1 aliphatic heterocycles. The highest BCUT2D eigenvalue weighted by molar-refractivity contribution is 5.96. The van der Waals surface area contributed by atoms with Crippen molar-refractivity contribution in [1.82, 2.24) is 0 Å². The van der Waals surface area contributed by atoms with E-state index < -0.39 is 12.1 Å². The summed E-state index contributed by atoms with van der Waals surface area (Å²) in [5.41, 5.74) is 2.05. The minimum absolute atomic E-state index is 0.215. The minimum Gasteiger partial charge on any atom is -0.479 e. The highest BCUT2D eigenvalue weighted by atomic mass is 16.6. The third-order valence-electron chi connectivity index (χ3n) is 4.14. The summed E-state index contributed by atoms with van der Waals surface area (Å²) in [7, 11) is 0. The molecule has 0 N–H and O–H groups in total. The van der Waals surface area contributed by atoms with Crippen molar-refractivity contribution < 1.29 is 19.1 Å². The van der Waals surface area contributed by atoms with Gasteiger partial charge < -0.3 is 14.4 Å². The number of nitrogens with zero attached hydrogens (tertiary/aromatic N) is 1. The summed E-state index contributed by atoms with van der Waals surface area (Å²) in [6.07, 6.45) is 1.09. The van der Waals surface area contributed by atoms with E-state index in [0.717, 1.165) is 24.1 Å². The van der Waals surface area contributed by atoms with Crippen molar-refractivity contribution in [3.8, 4) is 5.75 Å². The zero-order chi connectivity index (χ0) is 17.6. The number of anilines is 1. The van der Waals surface area contributed by atoms with E-state index in [0.29, 0.717) is 12.3 Å². The van der Waals surface area contributed by atoms with Crippen LogP contribution >= 0.6 is 0 Å². The SMILES string of the molecule is CC(Oc1ccccc1)C(=O)OCC(=O)N1CCCc2ccccc21. The average Bonchev–Trinajstić information content (AvgIpc) is 2.66. The maximum absolute atomic E-state index is 12.5. The predicted octanol–water partition coefficient (Wildman–Crippen LogP) is 2.98. The van der Waals surface area contributed by atoms with Crippen LogP contribution < -0.4 is 9.64 Å². The summed E-state index contributed by atoms with van der Waals surface area (Å²) in [6, 6.07) is 16.9. The summed E-state index contributed by atoms with van der Waals surface area (Å²) < 4.78 is 10.7. The Labute approximate surface area is 147 Å². The number of hydrogen-bond donors (Lipinski definition) is 0. The topological polar surface area (TPSA) is 55.8 Å². The lowest BCUT2D eigenvalue weighted by molar-refractivity contribution is -0.154. The number of benzene rings is 2. The van der Waals surface area contributed by atoms with E-state index >= 15 is 0 Å². The third-order valence-corrected chi connectivity index (χ3v) is 4.14. The smallest absolute Gasteiger partial charge is 0.347 e. The molecule has 0 fully saturated rings. The normalized spacial score (nSPS) is 14.4. The van der Waals surface area contributed by atoms with Crippen LogP contribution in [-0.4, -0.2) is 31.1 Å². The molecular weight excluding hydrogens is 318 g/mol. The van der Waals surface area contributed by atoms with Gasteiger partial charge in [0.25, 0.3) is 5.91 Å². The molecule has 0 radical (unpaired) electrons. The van der Waals surface area contributed by atoms with Crippen molar-refractivity contribution in [2.45, 2.75) is 25.9 Å². The molecule has 0 aromatic heterocycles. The number of para-hydroxylation sites is 2. The molecule has 1 amide bonds. The van der Waals surface area contributed by atoms with E-state index in [9.17, 15) is 9.59 Å². The van der Waals surface area contributed by atoms with E-state index in [-0.39, 0.29) is 12.5 Å². The average molecular weight is 339 g/mol. The second-order valence-electron chi connectivity index (χ2n) is 5.96. The number of rotatable bonds is 5. The number of carbonyl (C=O) groups is 2. The lowest BCUT2D eigenvalue weighted by Crippen LogP contribution is -2.39. The first kappa shape index (κ1) is 17.0. The van der Waals surface area contributed by atoms with Crippen molar-refractivity contribution in [2.24, 2.45) is 0 Å². The van der Waals surface area contributed by atoms with Crippen LogP contribution in [0.25, 0.3) is 0 Å². The molecule has 1 unspecified atom stereocenters. The number of hydrogen-bond acceptors (Lipinski definition) is 4. The fourth-order valence-electron chi connectivity index (χ4n) is 2.87. The third kappa shape index (κ3) is 4.18. The van der Waals surface area contributed by atoms with E-state index in [1.165, 1.54) is 0 Å². The fraction of sp³-hybridized carbons (Fsp3) is 0.300. The minimum atomic E-state index is -0.774. The molecule has 0 spiro atoms.